The van der Waals surface area contributed by atoms with E-state index in [1.807, 2.05) is 0 Å². The second kappa shape index (κ2) is 5.32. The molecule has 1 N–H and O–H groups in total. The van der Waals surface area contributed by atoms with Crippen LogP contribution in [0.25, 0.3) is 5.69 Å². The Bertz CT molecular complexity index is 732. The lowest BCUT2D eigenvalue weighted by Crippen LogP contribution is -2.03. The third-order valence-corrected chi connectivity index (χ3v) is 2.84. The summed E-state index contributed by atoms with van der Waals surface area (Å²) in [7, 11) is 0. The predicted molar refractivity (Wildman–Crippen MR) is 60.4 cm³/mol. The lowest BCUT2D eigenvalue weighted by atomic mass is 10.2. The van der Waals surface area contributed by atoms with E-state index >= 15 is 0 Å². The first-order valence-electron chi connectivity index (χ1n) is 5.18. The van der Waals surface area contributed by atoms with E-state index in [1.54, 1.807) is 0 Å². The van der Waals surface area contributed by atoms with Crippen molar-refractivity contribution in [3.63, 3.8) is 0 Å². The van der Waals surface area contributed by atoms with Crippen molar-refractivity contribution in [1.29, 1.82) is 0 Å². The van der Waals surface area contributed by atoms with Crippen LogP contribution in [-0.4, -0.2) is 20.9 Å². The molecular formula is C11H4ClF5N2O2. The topological polar surface area (TPSA) is 55.1 Å². The Morgan fingerprint density at radius 2 is 1.76 bits per heavy atom. The number of carboxylic acid groups (broad SMARTS) is 1. The number of carboxylic acids is 1. The quantitative estimate of drug-likeness (QED) is 0.693. The van der Waals surface area contributed by atoms with Crippen molar-refractivity contribution >= 4 is 17.6 Å². The molecule has 0 atom stereocenters. The summed E-state index contributed by atoms with van der Waals surface area (Å²) in [4.78, 5) is 10.9. The number of aromatic carboxylic acids is 1. The molecule has 0 aliphatic carbocycles. The molecule has 0 fully saturated rings. The number of hydrogen-bond acceptors (Lipinski definition) is 2. The van der Waals surface area contributed by atoms with Gasteiger partial charge >= 0.3 is 5.97 Å². The molecule has 1 heterocycles. The van der Waals surface area contributed by atoms with E-state index < -0.39 is 51.9 Å². The van der Waals surface area contributed by atoms with Gasteiger partial charge in [-0.2, -0.15) is 5.10 Å². The number of aromatic nitrogens is 2. The van der Waals surface area contributed by atoms with E-state index in [9.17, 15) is 26.7 Å². The maximum Gasteiger partial charge on any atom is 0.341 e. The van der Waals surface area contributed by atoms with Gasteiger partial charge in [0.1, 0.15) is 22.1 Å². The molecule has 1 aromatic carbocycles. The third-order valence-electron chi connectivity index (χ3n) is 2.49. The first-order chi connectivity index (χ1) is 9.73. The SMILES string of the molecule is O=C(O)c1c(C(F)F)nn(-c2cc(F)c(F)cc2F)c1Cl. The molecule has 4 nitrogen and oxygen atoms in total. The van der Waals surface area contributed by atoms with Crippen LogP contribution in [-0.2, 0) is 0 Å². The molecule has 0 radical (unpaired) electrons. The van der Waals surface area contributed by atoms with Crippen LogP contribution in [0.4, 0.5) is 22.0 Å². The molecule has 1 aromatic heterocycles. The molecule has 2 aromatic rings. The summed E-state index contributed by atoms with van der Waals surface area (Å²) in [5.74, 6) is -6.15. The lowest BCUT2D eigenvalue weighted by molar-refractivity contribution is 0.0684. The minimum atomic E-state index is -3.30. The van der Waals surface area contributed by atoms with Gasteiger partial charge in [0.15, 0.2) is 17.5 Å². The highest BCUT2D eigenvalue weighted by atomic mass is 35.5. The number of rotatable bonds is 3. The second-order valence-electron chi connectivity index (χ2n) is 3.79. The first-order valence-corrected chi connectivity index (χ1v) is 5.56. The normalized spacial score (nSPS) is 11.2. The number of alkyl halides is 2. The monoisotopic (exact) mass is 326 g/mol. The maximum atomic E-state index is 13.6. The van der Waals surface area contributed by atoms with Gasteiger partial charge in [-0.15, -0.1) is 0 Å². The molecule has 0 saturated heterocycles. The van der Waals surface area contributed by atoms with Crippen LogP contribution in [0.15, 0.2) is 12.1 Å². The highest BCUT2D eigenvalue weighted by molar-refractivity contribution is 6.33. The van der Waals surface area contributed by atoms with Crippen LogP contribution in [0.3, 0.4) is 0 Å². The van der Waals surface area contributed by atoms with Crippen LogP contribution in [0, 0.1) is 17.5 Å². The van der Waals surface area contributed by atoms with Crippen molar-refractivity contribution in [3.05, 3.63) is 46.0 Å². The zero-order valence-corrected chi connectivity index (χ0v) is 10.5. The fourth-order valence-electron chi connectivity index (χ4n) is 1.60. The van der Waals surface area contributed by atoms with Gasteiger partial charge in [0.25, 0.3) is 6.43 Å². The molecule has 21 heavy (non-hydrogen) atoms. The average Bonchev–Trinajstić information content (AvgIpc) is 2.72. The van der Waals surface area contributed by atoms with Crippen LogP contribution in [0.5, 0.6) is 0 Å². The minimum Gasteiger partial charge on any atom is -0.478 e. The molecule has 0 aliphatic heterocycles. The molecule has 112 valence electrons. The Balaban J connectivity index is 2.74. The van der Waals surface area contributed by atoms with Gasteiger partial charge in [0.2, 0.25) is 0 Å². The fourth-order valence-corrected chi connectivity index (χ4v) is 1.90. The van der Waals surface area contributed by atoms with E-state index in [0.717, 1.165) is 0 Å². The Morgan fingerprint density at radius 1 is 1.19 bits per heavy atom. The van der Waals surface area contributed by atoms with Gasteiger partial charge in [-0.1, -0.05) is 11.6 Å². The van der Waals surface area contributed by atoms with Crippen molar-refractivity contribution in [1.82, 2.24) is 9.78 Å². The molecule has 0 aliphatic rings. The van der Waals surface area contributed by atoms with Crippen molar-refractivity contribution in [2.24, 2.45) is 0 Å². The molecule has 0 saturated carbocycles. The van der Waals surface area contributed by atoms with E-state index in [2.05, 4.69) is 5.10 Å². The Labute approximate surface area is 118 Å². The molecule has 0 spiro atoms. The number of halogens is 6. The molecule has 0 unspecified atom stereocenters. The van der Waals surface area contributed by atoms with Crippen molar-refractivity contribution in [2.75, 3.05) is 0 Å². The van der Waals surface area contributed by atoms with Gasteiger partial charge < -0.3 is 5.11 Å². The maximum absolute atomic E-state index is 13.6. The van der Waals surface area contributed by atoms with E-state index in [4.69, 9.17) is 16.7 Å². The highest BCUT2D eigenvalue weighted by Gasteiger charge is 2.29. The molecule has 0 bridgehead atoms. The zero-order chi connectivity index (χ0) is 15.9. The third kappa shape index (κ3) is 2.56. The largest absolute Gasteiger partial charge is 0.478 e. The second-order valence-corrected chi connectivity index (χ2v) is 4.14. The van der Waals surface area contributed by atoms with E-state index in [-0.39, 0.29) is 10.7 Å². The van der Waals surface area contributed by atoms with Gasteiger partial charge in [-0.05, 0) is 0 Å². The molecule has 0 amide bonds. The van der Waals surface area contributed by atoms with Crippen LogP contribution < -0.4 is 0 Å². The van der Waals surface area contributed by atoms with Crippen molar-refractivity contribution in [3.8, 4) is 5.69 Å². The Hall–Kier alpha value is -2.16. The summed E-state index contributed by atoms with van der Waals surface area (Å²) in [5.41, 5.74) is -3.05. The van der Waals surface area contributed by atoms with E-state index in [0.29, 0.717) is 6.07 Å². The Morgan fingerprint density at radius 3 is 2.24 bits per heavy atom. The average molecular weight is 327 g/mol. The summed E-state index contributed by atoms with van der Waals surface area (Å²) >= 11 is 5.57. The van der Waals surface area contributed by atoms with Gasteiger partial charge in [0.05, 0.1) is 0 Å². The standard InChI is InChI=1S/C11H4ClF5N2O2/c12-9-7(11(20)21)8(10(16)17)18-19(9)6-2-4(14)3(13)1-5(6)15/h1-2,10H,(H,20,21). The molecular weight excluding hydrogens is 323 g/mol. The fraction of sp³-hybridized carbons (Fsp3) is 0.0909. The number of carbonyl (C=O) groups is 1. The number of nitrogens with zero attached hydrogens (tertiary/aromatic N) is 2. The summed E-state index contributed by atoms with van der Waals surface area (Å²) in [6.07, 6.45) is -3.30. The van der Waals surface area contributed by atoms with Crippen LogP contribution in [0.1, 0.15) is 22.5 Å². The predicted octanol–water partition coefficient (Wildman–Crippen LogP) is 3.58. The van der Waals surface area contributed by atoms with Gasteiger partial charge in [-0.3, -0.25) is 0 Å². The Kier molecular flexibility index (Phi) is 3.86. The van der Waals surface area contributed by atoms with Gasteiger partial charge in [-0.25, -0.2) is 31.4 Å². The molecule has 10 heteroatoms. The van der Waals surface area contributed by atoms with Crippen molar-refractivity contribution < 1.29 is 31.9 Å². The zero-order valence-electron chi connectivity index (χ0n) is 9.75. The summed E-state index contributed by atoms with van der Waals surface area (Å²) < 4.78 is 65.2. The molecule has 2 rings (SSSR count). The van der Waals surface area contributed by atoms with Gasteiger partial charge in [0, 0.05) is 12.1 Å². The summed E-state index contributed by atoms with van der Waals surface area (Å²) in [6.45, 7) is 0. The highest BCUT2D eigenvalue weighted by Crippen LogP contribution is 2.31. The van der Waals surface area contributed by atoms with Crippen molar-refractivity contribution in [2.45, 2.75) is 6.43 Å². The number of benzene rings is 1. The minimum absolute atomic E-state index is 0.158. The smallest absolute Gasteiger partial charge is 0.341 e. The summed E-state index contributed by atoms with van der Waals surface area (Å²) in [6, 6.07) is 0.482. The van der Waals surface area contributed by atoms with E-state index in [1.165, 1.54) is 0 Å². The first kappa shape index (κ1) is 15.2. The lowest BCUT2D eigenvalue weighted by Gasteiger charge is -2.05. The van der Waals surface area contributed by atoms with Crippen LogP contribution >= 0.6 is 11.6 Å². The number of hydrogen-bond donors (Lipinski definition) is 1. The summed E-state index contributed by atoms with van der Waals surface area (Å²) in [5, 5.41) is 11.1. The van der Waals surface area contributed by atoms with Crippen LogP contribution in [0.2, 0.25) is 5.15 Å².